The summed E-state index contributed by atoms with van der Waals surface area (Å²) in [6, 6.07) is 5.14. The van der Waals surface area contributed by atoms with Gasteiger partial charge in [-0.3, -0.25) is 14.5 Å². The predicted octanol–water partition coefficient (Wildman–Crippen LogP) is 4.28. The molecule has 1 N–H and O–H groups in total. The van der Waals surface area contributed by atoms with Crippen LogP contribution in [0.15, 0.2) is 36.8 Å². The van der Waals surface area contributed by atoms with Crippen LogP contribution < -0.4 is 19.7 Å². The standard InChI is InChI=1S/C24H23Cl2N7O3.H2S/c1-32-11-13(9-28-32)16-10-27-15-5-6-19(31-24(15)30-16)33(12-14-4-7-20(34)29-14)23-21(25)17(35-2)8-18(36-3)22(23)26;/h5-6,8-11,14H,4,7,12H2,1-3H3,(H,29,34);1H2. The maximum absolute atomic E-state index is 11.9. The molecule has 0 bridgehead atoms. The summed E-state index contributed by atoms with van der Waals surface area (Å²) < 4.78 is 12.6. The Morgan fingerprint density at radius 3 is 2.46 bits per heavy atom. The number of methoxy groups -OCH3 is 2. The fourth-order valence-electron chi connectivity index (χ4n) is 4.17. The molecule has 194 valence electrons. The van der Waals surface area contributed by atoms with Gasteiger partial charge in [0, 0.05) is 43.9 Å². The van der Waals surface area contributed by atoms with Gasteiger partial charge in [-0.15, -0.1) is 0 Å². The highest BCUT2D eigenvalue weighted by atomic mass is 35.5. The average molecular weight is 562 g/mol. The molecule has 1 fully saturated rings. The number of amides is 1. The van der Waals surface area contributed by atoms with E-state index in [0.717, 1.165) is 5.56 Å². The summed E-state index contributed by atoms with van der Waals surface area (Å²) in [6.07, 6.45) is 6.39. The van der Waals surface area contributed by atoms with Crippen molar-refractivity contribution in [3.63, 3.8) is 0 Å². The molecule has 10 nitrogen and oxygen atoms in total. The molecule has 0 saturated carbocycles. The molecule has 37 heavy (non-hydrogen) atoms. The number of benzene rings is 1. The van der Waals surface area contributed by atoms with E-state index in [4.69, 9.17) is 42.6 Å². The molecule has 13 heteroatoms. The molecule has 4 aromatic rings. The van der Waals surface area contributed by atoms with E-state index < -0.39 is 0 Å². The SMILES string of the molecule is COc1cc(OC)c(Cl)c(N(CC2CCC(=O)N2)c2ccc3ncc(-c4cnn(C)c4)nc3n2)c1Cl.S. The van der Waals surface area contributed by atoms with Gasteiger partial charge in [-0.05, 0) is 18.6 Å². The first kappa shape index (κ1) is 26.8. The van der Waals surface area contributed by atoms with E-state index in [1.54, 1.807) is 23.1 Å². The van der Waals surface area contributed by atoms with Crippen molar-refractivity contribution in [2.75, 3.05) is 25.7 Å². The molecule has 1 aromatic carbocycles. The Hall–Kier alpha value is -3.28. The Bertz CT molecular complexity index is 1440. The third kappa shape index (κ3) is 5.25. The van der Waals surface area contributed by atoms with Gasteiger partial charge in [0.05, 0.1) is 38.0 Å². The van der Waals surface area contributed by atoms with Crippen LogP contribution in [0.3, 0.4) is 0 Å². The Kier molecular flexibility index (Phi) is 7.96. The summed E-state index contributed by atoms with van der Waals surface area (Å²) in [7, 11) is 4.87. The summed E-state index contributed by atoms with van der Waals surface area (Å²) in [6.45, 7) is 0.371. The van der Waals surface area contributed by atoms with Gasteiger partial charge < -0.3 is 19.7 Å². The van der Waals surface area contributed by atoms with Crippen LogP contribution in [0.25, 0.3) is 22.4 Å². The van der Waals surface area contributed by atoms with Crippen molar-refractivity contribution in [1.82, 2.24) is 30.0 Å². The first-order chi connectivity index (χ1) is 17.4. The highest BCUT2D eigenvalue weighted by molar-refractivity contribution is 7.59. The number of hydrogen-bond donors (Lipinski definition) is 1. The minimum Gasteiger partial charge on any atom is -0.495 e. The summed E-state index contributed by atoms with van der Waals surface area (Å²) in [5, 5.41) is 7.79. The molecule has 1 unspecified atom stereocenters. The van der Waals surface area contributed by atoms with Crippen molar-refractivity contribution in [2.24, 2.45) is 7.05 Å². The summed E-state index contributed by atoms with van der Waals surface area (Å²) in [5.74, 6) is 1.32. The van der Waals surface area contributed by atoms with Gasteiger partial charge in [-0.25, -0.2) is 9.97 Å². The van der Waals surface area contributed by atoms with Crippen LogP contribution in [0.5, 0.6) is 11.5 Å². The zero-order chi connectivity index (χ0) is 25.4. The number of aromatic nitrogens is 5. The number of hydrogen-bond acceptors (Lipinski definition) is 8. The Morgan fingerprint density at radius 1 is 1.14 bits per heavy atom. The van der Waals surface area contributed by atoms with Crippen LogP contribution in [0.1, 0.15) is 12.8 Å². The molecule has 1 aliphatic heterocycles. The Labute approximate surface area is 230 Å². The number of fused-ring (bicyclic) bond motifs is 1. The van der Waals surface area contributed by atoms with E-state index in [1.807, 2.05) is 30.3 Å². The Morgan fingerprint density at radius 2 is 1.86 bits per heavy atom. The van der Waals surface area contributed by atoms with Crippen molar-refractivity contribution in [2.45, 2.75) is 18.9 Å². The lowest BCUT2D eigenvalue weighted by Crippen LogP contribution is -2.37. The van der Waals surface area contributed by atoms with Crippen molar-refractivity contribution < 1.29 is 14.3 Å². The van der Waals surface area contributed by atoms with E-state index in [1.165, 1.54) is 14.2 Å². The summed E-state index contributed by atoms with van der Waals surface area (Å²) >= 11 is 13.5. The second-order valence-electron chi connectivity index (χ2n) is 8.34. The molecule has 0 spiro atoms. The van der Waals surface area contributed by atoms with Gasteiger partial charge in [0.25, 0.3) is 0 Å². The monoisotopic (exact) mass is 561 g/mol. The van der Waals surface area contributed by atoms with Gasteiger partial charge in [-0.1, -0.05) is 23.2 Å². The third-order valence-electron chi connectivity index (χ3n) is 5.98. The molecule has 4 heterocycles. The summed E-state index contributed by atoms with van der Waals surface area (Å²) in [5.41, 5.74) is 3.00. The summed E-state index contributed by atoms with van der Waals surface area (Å²) in [4.78, 5) is 27.8. The molecule has 1 saturated heterocycles. The number of ether oxygens (including phenoxy) is 2. The number of carbonyl (C=O) groups excluding carboxylic acids is 1. The highest BCUT2D eigenvalue weighted by Crippen LogP contribution is 2.48. The molecule has 1 atom stereocenters. The zero-order valence-corrected chi connectivity index (χ0v) is 22.8. The fourth-order valence-corrected chi connectivity index (χ4v) is 4.88. The molecule has 3 aromatic heterocycles. The van der Waals surface area contributed by atoms with Crippen LogP contribution in [-0.4, -0.2) is 57.4 Å². The van der Waals surface area contributed by atoms with Gasteiger partial charge in [0.2, 0.25) is 5.91 Å². The topological polar surface area (TPSA) is 107 Å². The first-order valence-corrected chi connectivity index (χ1v) is 11.9. The number of aryl methyl sites for hydroxylation is 1. The highest BCUT2D eigenvalue weighted by Gasteiger charge is 2.29. The average Bonchev–Trinajstić information content (AvgIpc) is 3.50. The second-order valence-corrected chi connectivity index (χ2v) is 9.10. The van der Waals surface area contributed by atoms with Crippen molar-refractivity contribution in [3.05, 3.63) is 46.8 Å². The van der Waals surface area contributed by atoms with Crippen LogP contribution in [0.4, 0.5) is 11.5 Å². The van der Waals surface area contributed by atoms with Crippen molar-refractivity contribution in [3.8, 4) is 22.8 Å². The van der Waals surface area contributed by atoms with E-state index >= 15 is 0 Å². The second kappa shape index (κ2) is 11.0. The maximum Gasteiger partial charge on any atom is 0.220 e. The molecule has 1 aliphatic rings. The molecular formula is C24H25Cl2N7O3S. The zero-order valence-electron chi connectivity index (χ0n) is 20.3. The van der Waals surface area contributed by atoms with Gasteiger partial charge in [0.1, 0.15) is 32.9 Å². The number of halogens is 2. The van der Waals surface area contributed by atoms with Gasteiger partial charge in [-0.2, -0.15) is 18.6 Å². The van der Waals surface area contributed by atoms with Crippen LogP contribution in [0, 0.1) is 0 Å². The number of rotatable bonds is 7. The van der Waals surface area contributed by atoms with E-state index in [2.05, 4.69) is 15.4 Å². The maximum atomic E-state index is 11.9. The Balaban J connectivity index is 0.00000320. The lowest BCUT2D eigenvalue weighted by Gasteiger charge is -2.29. The predicted molar refractivity (Wildman–Crippen MR) is 148 cm³/mol. The number of carbonyl (C=O) groups is 1. The number of nitrogens with one attached hydrogen (secondary N) is 1. The van der Waals surface area contributed by atoms with Gasteiger partial charge in [0.15, 0.2) is 5.65 Å². The van der Waals surface area contributed by atoms with Gasteiger partial charge >= 0.3 is 0 Å². The minimum absolute atomic E-state index is 0. The van der Waals surface area contributed by atoms with Crippen molar-refractivity contribution >= 4 is 65.3 Å². The quantitative estimate of drug-likeness (QED) is 0.356. The fraction of sp³-hybridized carbons (Fsp3) is 0.292. The van der Waals surface area contributed by atoms with Crippen LogP contribution >= 0.6 is 36.7 Å². The van der Waals surface area contributed by atoms with Crippen LogP contribution in [-0.2, 0) is 11.8 Å². The molecular weight excluding hydrogens is 537 g/mol. The first-order valence-electron chi connectivity index (χ1n) is 11.2. The minimum atomic E-state index is -0.132. The molecule has 5 rings (SSSR count). The largest absolute Gasteiger partial charge is 0.495 e. The molecule has 1 amide bonds. The normalized spacial score (nSPS) is 14.8. The van der Waals surface area contributed by atoms with Crippen LogP contribution in [0.2, 0.25) is 10.0 Å². The lowest BCUT2D eigenvalue weighted by molar-refractivity contribution is -0.119. The lowest BCUT2D eigenvalue weighted by atomic mass is 10.1. The number of anilines is 2. The molecule has 0 radical (unpaired) electrons. The number of pyridine rings is 1. The number of nitrogens with zero attached hydrogens (tertiary/aromatic N) is 6. The smallest absolute Gasteiger partial charge is 0.220 e. The van der Waals surface area contributed by atoms with Crippen molar-refractivity contribution in [1.29, 1.82) is 0 Å². The third-order valence-corrected chi connectivity index (χ3v) is 6.71. The van der Waals surface area contributed by atoms with E-state index in [-0.39, 0.29) is 25.4 Å². The van der Waals surface area contributed by atoms with E-state index in [9.17, 15) is 4.79 Å². The molecule has 0 aliphatic carbocycles. The van der Waals surface area contributed by atoms with E-state index in [0.29, 0.717) is 69.3 Å².